The number of carbonyl (C=O) groups excluding carboxylic acids is 4. The molecule has 2 aliphatic rings. The molecule has 0 saturated carbocycles. The zero-order valence-electron chi connectivity index (χ0n) is 23.4. The van der Waals surface area contributed by atoms with E-state index < -0.39 is 51.4 Å². The summed E-state index contributed by atoms with van der Waals surface area (Å²) in [5, 5.41) is 26.9. The summed E-state index contributed by atoms with van der Waals surface area (Å²) in [7, 11) is 2.84. The molecule has 1 aliphatic heterocycles. The van der Waals surface area contributed by atoms with Crippen molar-refractivity contribution in [2.75, 3.05) is 6.54 Å². The largest absolute Gasteiger partial charge is 0.507 e. The van der Waals surface area contributed by atoms with Gasteiger partial charge in [-0.15, -0.1) is 0 Å². The first-order valence-electron chi connectivity index (χ1n) is 12.7. The number of benzene rings is 1. The van der Waals surface area contributed by atoms with E-state index in [1.54, 1.807) is 0 Å². The molecule has 4 rings (SSSR count). The van der Waals surface area contributed by atoms with Crippen LogP contribution in [0.4, 0.5) is 0 Å². The molecule has 0 saturated heterocycles. The molecule has 2 aromatic rings. The molecule has 13 nitrogen and oxygen atoms in total. The normalized spacial score (nSPS) is 18.7. The average molecular weight is 567 g/mol. The number of nitrogens with zero attached hydrogens (tertiary/aromatic N) is 2. The number of Topliss-reactive ketones (excluding diaryl/α,β-unsaturated/α-hetero) is 2. The lowest BCUT2D eigenvalue weighted by atomic mass is 9.70. The predicted octanol–water partition coefficient (Wildman–Crippen LogP) is 0.262. The molecule has 1 aliphatic carbocycles. The fraction of sp³-hybridized carbons (Fsp3) is 0.357. The third kappa shape index (κ3) is 4.52. The molecule has 0 bridgehead atoms. The fourth-order valence-corrected chi connectivity index (χ4v) is 5.04. The van der Waals surface area contributed by atoms with Crippen LogP contribution in [0.1, 0.15) is 54.4 Å². The number of carbonyl (C=O) groups is 4. The highest BCUT2D eigenvalue weighted by atomic mass is 16.5. The first-order chi connectivity index (χ1) is 19.1. The topological polar surface area (TPSA) is 186 Å². The summed E-state index contributed by atoms with van der Waals surface area (Å²) in [6.07, 6.45) is 1.05. The number of phenols is 2. The van der Waals surface area contributed by atoms with E-state index in [1.807, 2.05) is 0 Å². The van der Waals surface area contributed by atoms with Crippen LogP contribution in [0.3, 0.4) is 0 Å². The number of allylic oxidation sites excluding steroid dienone is 4. The van der Waals surface area contributed by atoms with Gasteiger partial charge in [0.25, 0.3) is 5.56 Å². The highest BCUT2D eigenvalue weighted by molar-refractivity contribution is 6.31. The van der Waals surface area contributed by atoms with Crippen molar-refractivity contribution >= 4 is 23.3 Å². The van der Waals surface area contributed by atoms with Gasteiger partial charge in [-0.2, -0.15) is 0 Å². The Bertz CT molecular complexity index is 1740. The molecule has 0 unspecified atom stereocenters. The van der Waals surface area contributed by atoms with Crippen molar-refractivity contribution in [3.05, 3.63) is 72.4 Å². The van der Waals surface area contributed by atoms with E-state index in [9.17, 15) is 39.0 Å². The standard InChI is InChI=1S/C28H30N4O9/c1-12-23(37)21(14(3)33)25-22(24(12)38)28(4)17(41-25)10-16(34)20(26(28)39)13(2)29-8-7-18(35)30-11-15-9-19(36)32(6)27(40)31(15)5/h9-10,29,37-38H,7-8,11H2,1-6H3,(H,30,35)/t28-/m0/s1. The van der Waals surface area contributed by atoms with Gasteiger partial charge in [0.1, 0.15) is 34.0 Å². The molecule has 1 amide bonds. The number of hydrogen-bond acceptors (Lipinski definition) is 10. The number of ketones is 3. The molecule has 2 heterocycles. The SMILES string of the molecule is CC(=O)c1c(O)c(C)c(O)c2c1OC1=CC(=O)C(=C(C)NCCC(=O)NCc3cc(=O)n(C)c(=O)n3C)C(=O)[C@@]12C. The Labute approximate surface area is 233 Å². The number of aromatic hydroxyl groups is 2. The highest BCUT2D eigenvalue weighted by Crippen LogP contribution is 2.57. The van der Waals surface area contributed by atoms with E-state index >= 15 is 0 Å². The van der Waals surface area contributed by atoms with Crippen LogP contribution in [0, 0.1) is 6.92 Å². The van der Waals surface area contributed by atoms with Gasteiger partial charge in [-0.25, -0.2) is 4.79 Å². The zero-order valence-corrected chi connectivity index (χ0v) is 23.4. The lowest BCUT2D eigenvalue weighted by Gasteiger charge is -2.29. The van der Waals surface area contributed by atoms with Gasteiger partial charge in [0.2, 0.25) is 5.91 Å². The third-order valence-corrected chi connectivity index (χ3v) is 7.59. The van der Waals surface area contributed by atoms with Crippen LogP contribution in [-0.2, 0) is 40.4 Å². The van der Waals surface area contributed by atoms with E-state index in [2.05, 4.69) is 10.6 Å². The van der Waals surface area contributed by atoms with Gasteiger partial charge >= 0.3 is 5.69 Å². The van der Waals surface area contributed by atoms with E-state index in [0.717, 1.165) is 10.6 Å². The Hall–Kier alpha value is -4.94. The monoisotopic (exact) mass is 566 g/mol. The predicted molar refractivity (Wildman–Crippen MR) is 145 cm³/mol. The van der Waals surface area contributed by atoms with Gasteiger partial charge in [0.05, 0.1) is 17.7 Å². The van der Waals surface area contributed by atoms with Crippen LogP contribution in [0.2, 0.25) is 0 Å². The van der Waals surface area contributed by atoms with Crippen LogP contribution in [-0.4, -0.2) is 49.1 Å². The Balaban J connectivity index is 1.54. The minimum Gasteiger partial charge on any atom is -0.507 e. The smallest absolute Gasteiger partial charge is 0.330 e. The van der Waals surface area contributed by atoms with E-state index in [-0.39, 0.29) is 59.0 Å². The molecule has 0 radical (unpaired) electrons. The quantitative estimate of drug-likeness (QED) is 0.206. The number of amides is 1. The summed E-state index contributed by atoms with van der Waals surface area (Å²) >= 11 is 0. The minimum atomic E-state index is -1.64. The second-order valence-electron chi connectivity index (χ2n) is 10.2. The van der Waals surface area contributed by atoms with Gasteiger partial charge in [0, 0.05) is 56.2 Å². The van der Waals surface area contributed by atoms with Crippen molar-refractivity contribution in [3.8, 4) is 17.2 Å². The summed E-state index contributed by atoms with van der Waals surface area (Å²) in [4.78, 5) is 75.4. The highest BCUT2D eigenvalue weighted by Gasteiger charge is 2.56. The van der Waals surface area contributed by atoms with E-state index in [4.69, 9.17) is 4.74 Å². The van der Waals surface area contributed by atoms with E-state index in [0.29, 0.717) is 5.69 Å². The number of ether oxygens (including phenoxy) is 1. The van der Waals surface area contributed by atoms with Crippen molar-refractivity contribution in [1.29, 1.82) is 0 Å². The number of rotatable bonds is 7. The summed E-state index contributed by atoms with van der Waals surface area (Å²) in [6, 6.07) is 1.25. The van der Waals surface area contributed by atoms with Crippen molar-refractivity contribution in [2.45, 2.75) is 46.1 Å². The van der Waals surface area contributed by atoms with Crippen molar-refractivity contribution in [3.63, 3.8) is 0 Å². The summed E-state index contributed by atoms with van der Waals surface area (Å²) in [6.45, 7) is 5.56. The lowest BCUT2D eigenvalue weighted by Crippen LogP contribution is -2.41. The lowest BCUT2D eigenvalue weighted by molar-refractivity contribution is -0.124. The molecule has 0 spiro atoms. The molecule has 13 heteroatoms. The number of nitrogens with one attached hydrogen (secondary N) is 2. The maximum Gasteiger partial charge on any atom is 0.330 e. The summed E-state index contributed by atoms with van der Waals surface area (Å²) in [5.74, 6) is -3.46. The van der Waals surface area contributed by atoms with E-state index in [1.165, 1.54) is 52.4 Å². The van der Waals surface area contributed by atoms with Crippen LogP contribution in [0.5, 0.6) is 17.2 Å². The second-order valence-corrected chi connectivity index (χ2v) is 10.2. The van der Waals surface area contributed by atoms with Crippen molar-refractivity contribution < 1.29 is 34.1 Å². The van der Waals surface area contributed by atoms with Gasteiger partial charge < -0.3 is 25.6 Å². The van der Waals surface area contributed by atoms with Crippen LogP contribution in [0.25, 0.3) is 0 Å². The van der Waals surface area contributed by atoms with Gasteiger partial charge in [0.15, 0.2) is 17.3 Å². The molecule has 4 N–H and O–H groups in total. The first-order valence-corrected chi connectivity index (χ1v) is 12.7. The fourth-order valence-electron chi connectivity index (χ4n) is 5.04. The minimum absolute atomic E-state index is 0.00736. The second kappa shape index (κ2) is 10.2. The van der Waals surface area contributed by atoms with Crippen LogP contribution in [0.15, 0.2) is 38.8 Å². The van der Waals surface area contributed by atoms with Gasteiger partial charge in [-0.1, -0.05) is 0 Å². The molecule has 1 aromatic carbocycles. The molecular weight excluding hydrogens is 536 g/mol. The number of aromatic nitrogens is 2. The number of hydrogen-bond donors (Lipinski definition) is 4. The van der Waals surface area contributed by atoms with Crippen molar-refractivity contribution in [2.24, 2.45) is 14.1 Å². The van der Waals surface area contributed by atoms with Crippen molar-refractivity contribution in [1.82, 2.24) is 19.8 Å². The molecule has 1 atom stereocenters. The summed E-state index contributed by atoms with van der Waals surface area (Å²) in [5.41, 5.74) is -2.59. The molecule has 216 valence electrons. The van der Waals surface area contributed by atoms with Gasteiger partial charge in [-0.3, -0.25) is 33.1 Å². The van der Waals surface area contributed by atoms with Crippen LogP contribution >= 0.6 is 0 Å². The first kappa shape index (κ1) is 29.1. The molecule has 0 fully saturated rings. The van der Waals surface area contributed by atoms with Gasteiger partial charge in [-0.05, 0) is 27.7 Å². The average Bonchev–Trinajstić information content (AvgIpc) is 3.20. The summed E-state index contributed by atoms with van der Waals surface area (Å²) < 4.78 is 7.94. The Morgan fingerprint density at radius 1 is 1.02 bits per heavy atom. The Morgan fingerprint density at radius 3 is 2.32 bits per heavy atom. The number of phenolic OH excluding ortho intramolecular Hbond substituents is 2. The Morgan fingerprint density at radius 2 is 1.68 bits per heavy atom. The maximum absolute atomic E-state index is 13.8. The molecule has 1 aromatic heterocycles. The maximum atomic E-state index is 13.8. The molecule has 41 heavy (non-hydrogen) atoms. The third-order valence-electron chi connectivity index (χ3n) is 7.59. The zero-order chi connectivity index (χ0) is 30.5. The number of fused-ring (bicyclic) bond motifs is 3. The Kier molecular flexibility index (Phi) is 7.25. The molecular formula is C28H30N4O9. The van der Waals surface area contributed by atoms with Crippen LogP contribution < -0.4 is 26.6 Å².